The Bertz CT molecular complexity index is 497. The molecule has 0 amide bonds. The van der Waals surface area contributed by atoms with Gasteiger partial charge in [-0.05, 0) is 19.1 Å². The van der Waals surface area contributed by atoms with Gasteiger partial charge in [0.15, 0.2) is 5.69 Å². The van der Waals surface area contributed by atoms with E-state index in [4.69, 9.17) is 5.26 Å². The minimum Gasteiger partial charge on any atom is -0.253 e. The molecule has 3 heteroatoms. The average molecular weight is 169 g/mol. The van der Waals surface area contributed by atoms with Crippen LogP contribution in [0.3, 0.4) is 0 Å². The fourth-order valence-electron chi connectivity index (χ4n) is 1.30. The van der Waals surface area contributed by atoms with Crippen LogP contribution in [-0.4, -0.2) is 9.97 Å². The molecule has 0 bridgehead atoms. The number of hydrogen-bond acceptors (Lipinski definition) is 3. The first-order chi connectivity index (χ1) is 6.31. The van der Waals surface area contributed by atoms with E-state index in [1.807, 2.05) is 31.2 Å². The Balaban J connectivity index is 2.91. The summed E-state index contributed by atoms with van der Waals surface area (Å²) in [6.45, 7) is 1.87. The number of fused-ring (bicyclic) bond motifs is 1. The van der Waals surface area contributed by atoms with Gasteiger partial charge in [0, 0.05) is 17.3 Å². The van der Waals surface area contributed by atoms with Crippen LogP contribution in [0.1, 0.15) is 11.4 Å². The molecule has 13 heavy (non-hydrogen) atoms. The number of nitrogens with zero attached hydrogens (tertiary/aromatic N) is 3. The number of rotatable bonds is 0. The number of nitriles is 1. The third-order valence-corrected chi connectivity index (χ3v) is 1.82. The van der Waals surface area contributed by atoms with Gasteiger partial charge in [0.1, 0.15) is 11.6 Å². The monoisotopic (exact) mass is 169 g/mol. The molecular formula is C10H7N3. The second kappa shape index (κ2) is 2.83. The van der Waals surface area contributed by atoms with Gasteiger partial charge in [0.25, 0.3) is 0 Å². The number of hydrogen-bond donors (Lipinski definition) is 0. The van der Waals surface area contributed by atoms with Crippen molar-refractivity contribution in [2.24, 2.45) is 0 Å². The van der Waals surface area contributed by atoms with Crippen molar-refractivity contribution in [3.8, 4) is 6.07 Å². The summed E-state index contributed by atoms with van der Waals surface area (Å²) in [7, 11) is 0. The summed E-state index contributed by atoms with van der Waals surface area (Å²) in [6.07, 6.45) is 1.67. The maximum atomic E-state index is 8.81. The van der Waals surface area contributed by atoms with Gasteiger partial charge in [0.2, 0.25) is 0 Å². The molecule has 0 aliphatic heterocycles. The second-order valence-electron chi connectivity index (χ2n) is 2.80. The summed E-state index contributed by atoms with van der Waals surface area (Å²) < 4.78 is 0. The molecule has 0 saturated heterocycles. The molecule has 0 radical (unpaired) electrons. The molecule has 2 aromatic heterocycles. The summed E-state index contributed by atoms with van der Waals surface area (Å²) >= 11 is 0. The van der Waals surface area contributed by atoms with Crippen LogP contribution < -0.4 is 0 Å². The SMILES string of the molecule is Cc1cc2cccnc2c(C#N)n1. The van der Waals surface area contributed by atoms with Crippen molar-refractivity contribution >= 4 is 10.9 Å². The predicted octanol–water partition coefficient (Wildman–Crippen LogP) is 1.81. The topological polar surface area (TPSA) is 49.6 Å². The second-order valence-corrected chi connectivity index (χ2v) is 2.80. The standard InChI is InChI=1S/C10H7N3/c1-7-5-8-3-2-4-12-10(8)9(6-11)13-7/h2-5H,1H3. The number of aryl methyl sites for hydroxylation is 1. The molecule has 0 saturated carbocycles. The zero-order valence-electron chi connectivity index (χ0n) is 7.15. The zero-order valence-corrected chi connectivity index (χ0v) is 7.15. The van der Waals surface area contributed by atoms with E-state index >= 15 is 0 Å². The highest BCUT2D eigenvalue weighted by Gasteiger charge is 2.02. The van der Waals surface area contributed by atoms with Crippen molar-refractivity contribution in [1.29, 1.82) is 5.26 Å². The molecule has 0 aliphatic rings. The van der Waals surface area contributed by atoms with Crippen molar-refractivity contribution in [3.63, 3.8) is 0 Å². The fraction of sp³-hybridized carbons (Fsp3) is 0.100. The lowest BCUT2D eigenvalue weighted by Crippen LogP contribution is -1.90. The third-order valence-electron chi connectivity index (χ3n) is 1.82. The molecule has 0 atom stereocenters. The van der Waals surface area contributed by atoms with E-state index in [1.54, 1.807) is 6.20 Å². The van der Waals surface area contributed by atoms with Crippen LogP contribution >= 0.6 is 0 Å². The van der Waals surface area contributed by atoms with Crippen molar-refractivity contribution in [2.75, 3.05) is 0 Å². The van der Waals surface area contributed by atoms with E-state index in [2.05, 4.69) is 9.97 Å². The first-order valence-corrected chi connectivity index (χ1v) is 3.94. The summed E-state index contributed by atoms with van der Waals surface area (Å²) in [6, 6.07) is 7.74. The highest BCUT2D eigenvalue weighted by Crippen LogP contribution is 2.14. The fourth-order valence-corrected chi connectivity index (χ4v) is 1.30. The lowest BCUT2D eigenvalue weighted by Gasteiger charge is -1.99. The quantitative estimate of drug-likeness (QED) is 0.604. The van der Waals surface area contributed by atoms with Gasteiger partial charge in [-0.15, -0.1) is 0 Å². The molecule has 0 N–H and O–H groups in total. The molecule has 3 nitrogen and oxygen atoms in total. The molecule has 2 rings (SSSR count). The number of aromatic nitrogens is 2. The summed E-state index contributed by atoms with van der Waals surface area (Å²) in [5, 5.41) is 9.77. The van der Waals surface area contributed by atoms with Gasteiger partial charge in [-0.2, -0.15) is 5.26 Å². The van der Waals surface area contributed by atoms with Crippen molar-refractivity contribution in [3.05, 3.63) is 35.8 Å². The molecule has 0 aromatic carbocycles. The molecule has 62 valence electrons. The third kappa shape index (κ3) is 1.23. The van der Waals surface area contributed by atoms with Crippen molar-refractivity contribution in [2.45, 2.75) is 6.92 Å². The Kier molecular flexibility index (Phi) is 1.67. The van der Waals surface area contributed by atoms with E-state index in [9.17, 15) is 0 Å². The smallest absolute Gasteiger partial charge is 0.167 e. The summed E-state index contributed by atoms with van der Waals surface area (Å²) in [5.41, 5.74) is 1.92. The minimum absolute atomic E-state index is 0.399. The van der Waals surface area contributed by atoms with E-state index in [0.29, 0.717) is 11.2 Å². The van der Waals surface area contributed by atoms with Gasteiger partial charge >= 0.3 is 0 Å². The van der Waals surface area contributed by atoms with Gasteiger partial charge in [-0.25, -0.2) is 4.98 Å². The van der Waals surface area contributed by atoms with Crippen LogP contribution in [0.4, 0.5) is 0 Å². The normalized spacial score (nSPS) is 9.85. The predicted molar refractivity (Wildman–Crippen MR) is 49.0 cm³/mol. The van der Waals surface area contributed by atoms with Crippen LogP contribution in [0.2, 0.25) is 0 Å². The Morgan fingerprint density at radius 3 is 3.08 bits per heavy atom. The number of pyridine rings is 2. The molecule has 0 unspecified atom stereocenters. The first-order valence-electron chi connectivity index (χ1n) is 3.94. The van der Waals surface area contributed by atoms with Crippen molar-refractivity contribution < 1.29 is 0 Å². The summed E-state index contributed by atoms with van der Waals surface area (Å²) in [5.74, 6) is 0. The molecule has 2 heterocycles. The molecule has 2 aromatic rings. The van der Waals surface area contributed by atoms with Crippen molar-refractivity contribution in [1.82, 2.24) is 9.97 Å². The molecule has 0 fully saturated rings. The van der Waals surface area contributed by atoms with E-state index in [0.717, 1.165) is 11.1 Å². The lowest BCUT2D eigenvalue weighted by atomic mass is 10.2. The maximum Gasteiger partial charge on any atom is 0.167 e. The van der Waals surface area contributed by atoms with Crippen LogP contribution in [0.25, 0.3) is 10.9 Å². The van der Waals surface area contributed by atoms with Gasteiger partial charge in [-0.3, -0.25) is 4.98 Å². The van der Waals surface area contributed by atoms with E-state index < -0.39 is 0 Å². The zero-order chi connectivity index (χ0) is 9.26. The Morgan fingerprint density at radius 2 is 2.31 bits per heavy atom. The summed E-state index contributed by atoms with van der Waals surface area (Å²) in [4.78, 5) is 8.20. The van der Waals surface area contributed by atoms with E-state index in [1.165, 1.54) is 0 Å². The Morgan fingerprint density at radius 1 is 1.46 bits per heavy atom. The maximum absolute atomic E-state index is 8.81. The highest BCUT2D eigenvalue weighted by molar-refractivity contribution is 5.82. The van der Waals surface area contributed by atoms with Gasteiger partial charge in [-0.1, -0.05) is 6.07 Å². The largest absolute Gasteiger partial charge is 0.253 e. The molecule has 0 aliphatic carbocycles. The van der Waals surface area contributed by atoms with Gasteiger partial charge < -0.3 is 0 Å². The molecule has 0 spiro atoms. The lowest BCUT2D eigenvalue weighted by molar-refractivity contribution is 1.17. The molecular weight excluding hydrogens is 162 g/mol. The Hall–Kier alpha value is -1.95. The van der Waals surface area contributed by atoms with Crippen LogP contribution in [-0.2, 0) is 0 Å². The first kappa shape index (κ1) is 7.69. The van der Waals surface area contributed by atoms with Crippen LogP contribution in [0.5, 0.6) is 0 Å². The van der Waals surface area contributed by atoms with E-state index in [-0.39, 0.29) is 0 Å². The van der Waals surface area contributed by atoms with Crippen LogP contribution in [0, 0.1) is 18.3 Å². The average Bonchev–Trinajstić information content (AvgIpc) is 2.16. The minimum atomic E-state index is 0.399. The van der Waals surface area contributed by atoms with Gasteiger partial charge in [0.05, 0.1) is 0 Å². The highest BCUT2D eigenvalue weighted by atomic mass is 14.8. The Labute approximate surface area is 75.7 Å². The van der Waals surface area contributed by atoms with Crippen LogP contribution in [0.15, 0.2) is 24.4 Å².